The fourth-order valence-corrected chi connectivity index (χ4v) is 5.06. The first-order valence-corrected chi connectivity index (χ1v) is 13.1. The highest BCUT2D eigenvalue weighted by atomic mass is 19.1. The monoisotopic (exact) mass is 512 g/mol. The number of carbonyl (C=O) groups excluding carboxylic acids is 1. The van der Waals surface area contributed by atoms with Gasteiger partial charge < -0.3 is 15.2 Å². The van der Waals surface area contributed by atoms with Crippen LogP contribution < -0.4 is 10.2 Å². The Labute approximate surface area is 218 Å². The number of pyridine rings is 2. The van der Waals surface area contributed by atoms with E-state index >= 15 is 4.39 Å². The Hall–Kier alpha value is -4.34. The minimum absolute atomic E-state index is 0.0822. The van der Waals surface area contributed by atoms with E-state index in [0.717, 1.165) is 42.5 Å². The van der Waals surface area contributed by atoms with E-state index in [9.17, 15) is 4.79 Å². The molecule has 0 spiro atoms. The molecule has 1 aromatic carbocycles. The molecular weight excluding hydrogens is 483 g/mol. The average molecular weight is 513 g/mol. The predicted octanol–water partition coefficient (Wildman–Crippen LogP) is 5.82. The van der Waals surface area contributed by atoms with Gasteiger partial charge in [-0.3, -0.25) is 14.9 Å². The van der Waals surface area contributed by atoms with E-state index in [-0.39, 0.29) is 5.91 Å². The van der Waals surface area contributed by atoms with Crippen molar-refractivity contribution in [1.82, 2.24) is 30.1 Å². The number of fused-ring (bicyclic) bond motifs is 2. The van der Waals surface area contributed by atoms with E-state index in [4.69, 9.17) is 4.98 Å². The third-order valence-electron chi connectivity index (χ3n) is 7.03. The van der Waals surface area contributed by atoms with Crippen molar-refractivity contribution in [3.63, 3.8) is 0 Å². The number of aromatic nitrogens is 6. The molecule has 194 valence electrons. The van der Waals surface area contributed by atoms with Crippen LogP contribution in [-0.4, -0.2) is 49.1 Å². The van der Waals surface area contributed by atoms with Crippen molar-refractivity contribution >= 4 is 39.3 Å². The molecule has 4 aromatic heterocycles. The number of nitrogens with one attached hydrogen (secondary N) is 3. The zero-order valence-corrected chi connectivity index (χ0v) is 21.2. The number of halogens is 1. The summed E-state index contributed by atoms with van der Waals surface area (Å²) in [6.07, 6.45) is 10.7. The molecule has 0 atom stereocenters. The number of anilines is 2. The Morgan fingerprint density at radius 3 is 2.87 bits per heavy atom. The van der Waals surface area contributed by atoms with Gasteiger partial charge >= 0.3 is 0 Å². The maximum atomic E-state index is 15.2. The molecule has 1 saturated heterocycles. The van der Waals surface area contributed by atoms with Crippen LogP contribution in [0.25, 0.3) is 44.7 Å². The minimum Gasteiger partial charge on any atom is -0.370 e. The van der Waals surface area contributed by atoms with Crippen molar-refractivity contribution in [3.05, 3.63) is 48.7 Å². The summed E-state index contributed by atoms with van der Waals surface area (Å²) in [6, 6.07) is 6.92. The van der Waals surface area contributed by atoms with Crippen LogP contribution in [0.2, 0.25) is 0 Å². The molecule has 5 heterocycles. The van der Waals surface area contributed by atoms with Gasteiger partial charge in [0.1, 0.15) is 17.0 Å². The van der Waals surface area contributed by atoms with Crippen LogP contribution in [0, 0.1) is 5.82 Å². The number of benzene rings is 1. The third kappa shape index (κ3) is 4.57. The molecule has 10 heteroatoms. The smallest absolute Gasteiger partial charge is 0.224 e. The Morgan fingerprint density at radius 1 is 1.16 bits per heavy atom. The first-order valence-electron chi connectivity index (χ1n) is 13.1. The van der Waals surface area contributed by atoms with Crippen LogP contribution in [0.15, 0.2) is 42.9 Å². The molecule has 38 heavy (non-hydrogen) atoms. The lowest BCUT2D eigenvalue weighted by Crippen LogP contribution is -2.29. The highest BCUT2D eigenvalue weighted by molar-refractivity contribution is 5.97. The Kier molecular flexibility index (Phi) is 6.45. The second-order valence-corrected chi connectivity index (χ2v) is 9.73. The fraction of sp³-hybridized carbons (Fsp3) is 0.321. The van der Waals surface area contributed by atoms with Gasteiger partial charge in [0.05, 0.1) is 23.1 Å². The van der Waals surface area contributed by atoms with Crippen LogP contribution in [0.5, 0.6) is 0 Å². The lowest BCUT2D eigenvalue weighted by Gasteiger charge is -2.28. The van der Waals surface area contributed by atoms with Gasteiger partial charge in [-0.1, -0.05) is 13.3 Å². The topological polar surface area (TPSA) is 115 Å². The molecule has 9 nitrogen and oxygen atoms in total. The van der Waals surface area contributed by atoms with Crippen LogP contribution in [0.3, 0.4) is 0 Å². The second-order valence-electron chi connectivity index (χ2n) is 9.73. The Morgan fingerprint density at radius 2 is 2.03 bits per heavy atom. The van der Waals surface area contributed by atoms with Crippen LogP contribution in [0.1, 0.15) is 45.4 Å². The van der Waals surface area contributed by atoms with Crippen molar-refractivity contribution in [2.75, 3.05) is 23.3 Å². The molecule has 3 N–H and O–H groups in total. The number of carbonyl (C=O) groups is 1. The second kappa shape index (κ2) is 10.2. The van der Waals surface area contributed by atoms with Crippen molar-refractivity contribution in [1.29, 1.82) is 0 Å². The zero-order chi connectivity index (χ0) is 26.1. The summed E-state index contributed by atoms with van der Waals surface area (Å²) in [5.74, 6) is 0.0692. The van der Waals surface area contributed by atoms with Crippen molar-refractivity contribution in [3.8, 4) is 22.6 Å². The van der Waals surface area contributed by atoms with Gasteiger partial charge in [-0.25, -0.2) is 14.4 Å². The van der Waals surface area contributed by atoms with Gasteiger partial charge in [0, 0.05) is 54.5 Å². The maximum Gasteiger partial charge on any atom is 0.224 e. The summed E-state index contributed by atoms with van der Waals surface area (Å²) in [7, 11) is 0. The molecule has 1 aliphatic rings. The van der Waals surface area contributed by atoms with E-state index in [1.165, 1.54) is 25.3 Å². The highest BCUT2D eigenvalue weighted by Crippen LogP contribution is 2.34. The summed E-state index contributed by atoms with van der Waals surface area (Å²) < 4.78 is 15.2. The quantitative estimate of drug-likeness (QED) is 0.253. The number of imidazole rings is 1. The molecule has 0 bridgehead atoms. The average Bonchev–Trinajstić information content (AvgIpc) is 3.55. The molecule has 1 fully saturated rings. The number of hydrogen-bond acceptors (Lipinski definition) is 6. The first-order chi connectivity index (χ1) is 18.6. The summed E-state index contributed by atoms with van der Waals surface area (Å²) in [6.45, 7) is 4.05. The van der Waals surface area contributed by atoms with E-state index < -0.39 is 5.82 Å². The summed E-state index contributed by atoms with van der Waals surface area (Å²) in [4.78, 5) is 31.4. The predicted molar refractivity (Wildman–Crippen MR) is 146 cm³/mol. The van der Waals surface area contributed by atoms with Gasteiger partial charge in [-0.05, 0) is 43.9 Å². The maximum absolute atomic E-state index is 15.2. The van der Waals surface area contributed by atoms with E-state index in [2.05, 4.69) is 35.4 Å². The SMILES string of the molecule is CCCCC(=O)Nc1cncc(-c2cc3c(-c4nc5nccc(N6CCCCC6)c5[nH]4)n[nH]c3cc2F)c1. The molecule has 0 unspecified atom stereocenters. The van der Waals surface area contributed by atoms with Crippen molar-refractivity contribution < 1.29 is 9.18 Å². The number of amides is 1. The van der Waals surface area contributed by atoms with Crippen LogP contribution >= 0.6 is 0 Å². The van der Waals surface area contributed by atoms with E-state index in [0.29, 0.717) is 45.9 Å². The van der Waals surface area contributed by atoms with Gasteiger partial charge in [0.25, 0.3) is 0 Å². The van der Waals surface area contributed by atoms with Gasteiger partial charge in [0.15, 0.2) is 11.5 Å². The minimum atomic E-state index is -0.414. The standard InChI is InChI=1S/C28H29FN8O/c1-2-3-7-24(38)32-18-12-17(15-30-16-18)19-13-20-22(14-21(19)29)35-36-25(20)28-33-26-23(8-9-31-27(26)34-28)37-10-5-4-6-11-37/h8-9,12-16H,2-7,10-11H2,1H3,(H,32,38)(H,35,36)(H,31,33,34). The molecule has 1 aliphatic heterocycles. The molecular formula is C28H29FN8O. The normalized spacial score (nSPS) is 13.9. The van der Waals surface area contributed by atoms with Gasteiger partial charge in [-0.2, -0.15) is 5.10 Å². The van der Waals surface area contributed by atoms with E-state index in [1.807, 2.05) is 13.0 Å². The molecule has 6 rings (SSSR count). The largest absolute Gasteiger partial charge is 0.370 e. The molecule has 0 saturated carbocycles. The van der Waals surface area contributed by atoms with Crippen LogP contribution in [0.4, 0.5) is 15.8 Å². The molecule has 1 amide bonds. The third-order valence-corrected chi connectivity index (χ3v) is 7.03. The summed E-state index contributed by atoms with van der Waals surface area (Å²) >= 11 is 0. The van der Waals surface area contributed by atoms with Gasteiger partial charge in [-0.15, -0.1) is 0 Å². The fourth-order valence-electron chi connectivity index (χ4n) is 5.06. The van der Waals surface area contributed by atoms with Crippen molar-refractivity contribution in [2.24, 2.45) is 0 Å². The zero-order valence-electron chi connectivity index (χ0n) is 21.2. The molecule has 0 radical (unpaired) electrons. The van der Waals surface area contributed by atoms with Crippen molar-refractivity contribution in [2.45, 2.75) is 45.4 Å². The summed E-state index contributed by atoms with van der Waals surface area (Å²) in [5.41, 5.74) is 5.18. The summed E-state index contributed by atoms with van der Waals surface area (Å²) in [5, 5.41) is 11.0. The number of aromatic amines is 2. The Balaban J connectivity index is 1.37. The lowest BCUT2D eigenvalue weighted by atomic mass is 10.0. The van der Waals surface area contributed by atoms with Crippen LogP contribution in [-0.2, 0) is 4.79 Å². The number of unbranched alkanes of at least 4 members (excludes halogenated alkanes) is 1. The van der Waals surface area contributed by atoms with E-state index in [1.54, 1.807) is 30.7 Å². The number of H-pyrrole nitrogens is 2. The lowest BCUT2D eigenvalue weighted by molar-refractivity contribution is -0.116. The molecule has 0 aliphatic carbocycles. The number of hydrogen-bond donors (Lipinski definition) is 3. The number of piperidine rings is 1. The number of nitrogens with zero attached hydrogens (tertiary/aromatic N) is 5. The Bertz CT molecular complexity index is 1620. The molecule has 5 aromatic rings. The number of rotatable bonds is 7. The first kappa shape index (κ1) is 24.0. The highest BCUT2D eigenvalue weighted by Gasteiger charge is 2.20. The van der Waals surface area contributed by atoms with Gasteiger partial charge in [0.2, 0.25) is 5.91 Å².